The standard InChI is InChI=1S/C15H20O2/c1-10(2)12-6-3-11(4-7-12)5-8-13-9-14(13)15(16)17/h3-4,6-7,10,13-14H,5,8-9H2,1-2H3,(H,16,17). The Morgan fingerprint density at radius 2 is 2.00 bits per heavy atom. The van der Waals surface area contributed by atoms with Crippen LogP contribution in [-0.2, 0) is 11.2 Å². The van der Waals surface area contributed by atoms with Crippen molar-refractivity contribution in [2.75, 3.05) is 0 Å². The van der Waals surface area contributed by atoms with Crippen LogP contribution in [0.15, 0.2) is 24.3 Å². The van der Waals surface area contributed by atoms with Crippen molar-refractivity contribution >= 4 is 5.97 Å². The van der Waals surface area contributed by atoms with E-state index in [0.29, 0.717) is 11.8 Å². The van der Waals surface area contributed by atoms with Crippen LogP contribution in [0.25, 0.3) is 0 Å². The van der Waals surface area contributed by atoms with Gasteiger partial charge >= 0.3 is 5.97 Å². The molecule has 0 aromatic heterocycles. The van der Waals surface area contributed by atoms with Crippen LogP contribution in [0, 0.1) is 11.8 Å². The Labute approximate surface area is 103 Å². The maximum absolute atomic E-state index is 10.7. The Morgan fingerprint density at radius 3 is 2.47 bits per heavy atom. The van der Waals surface area contributed by atoms with Crippen LogP contribution in [0.1, 0.15) is 43.7 Å². The number of carboxylic acid groups (broad SMARTS) is 1. The lowest BCUT2D eigenvalue weighted by Crippen LogP contribution is -2.00. The minimum Gasteiger partial charge on any atom is -0.481 e. The normalized spacial score (nSPS) is 22.8. The van der Waals surface area contributed by atoms with E-state index in [1.807, 2.05) is 0 Å². The Morgan fingerprint density at radius 1 is 1.35 bits per heavy atom. The van der Waals surface area contributed by atoms with E-state index in [9.17, 15) is 4.79 Å². The third kappa shape index (κ3) is 3.09. The molecule has 0 spiro atoms. The monoisotopic (exact) mass is 232 g/mol. The quantitative estimate of drug-likeness (QED) is 0.844. The van der Waals surface area contributed by atoms with Gasteiger partial charge in [0.2, 0.25) is 0 Å². The molecule has 2 atom stereocenters. The van der Waals surface area contributed by atoms with Gasteiger partial charge in [-0.2, -0.15) is 0 Å². The smallest absolute Gasteiger partial charge is 0.306 e. The van der Waals surface area contributed by atoms with Crippen molar-refractivity contribution in [2.45, 2.75) is 39.0 Å². The number of hydrogen-bond acceptors (Lipinski definition) is 1. The first-order valence-corrected chi connectivity index (χ1v) is 6.39. The molecule has 1 N–H and O–H groups in total. The van der Waals surface area contributed by atoms with Crippen molar-refractivity contribution in [3.63, 3.8) is 0 Å². The molecule has 2 heteroatoms. The van der Waals surface area contributed by atoms with Gasteiger partial charge in [0, 0.05) is 0 Å². The summed E-state index contributed by atoms with van der Waals surface area (Å²) in [6.45, 7) is 4.38. The Hall–Kier alpha value is -1.31. The first-order valence-electron chi connectivity index (χ1n) is 6.39. The van der Waals surface area contributed by atoms with E-state index in [-0.39, 0.29) is 5.92 Å². The average molecular weight is 232 g/mol. The maximum Gasteiger partial charge on any atom is 0.306 e. The molecule has 2 unspecified atom stereocenters. The van der Waals surface area contributed by atoms with Gasteiger partial charge in [0.25, 0.3) is 0 Å². The number of aryl methyl sites for hydroxylation is 1. The highest BCUT2D eigenvalue weighted by Gasteiger charge is 2.42. The van der Waals surface area contributed by atoms with E-state index in [1.165, 1.54) is 11.1 Å². The van der Waals surface area contributed by atoms with Crippen LogP contribution in [0.2, 0.25) is 0 Å². The lowest BCUT2D eigenvalue weighted by Gasteiger charge is -2.06. The Balaban J connectivity index is 1.82. The summed E-state index contributed by atoms with van der Waals surface area (Å²) in [7, 11) is 0. The second-order valence-electron chi connectivity index (χ2n) is 5.38. The second kappa shape index (κ2) is 4.91. The molecule has 92 valence electrons. The van der Waals surface area contributed by atoms with E-state index in [2.05, 4.69) is 38.1 Å². The van der Waals surface area contributed by atoms with E-state index < -0.39 is 5.97 Å². The molecular weight excluding hydrogens is 212 g/mol. The topological polar surface area (TPSA) is 37.3 Å². The first-order chi connectivity index (χ1) is 8.08. The van der Waals surface area contributed by atoms with Crippen LogP contribution in [-0.4, -0.2) is 11.1 Å². The molecule has 2 rings (SSSR count). The van der Waals surface area contributed by atoms with E-state index in [4.69, 9.17) is 5.11 Å². The minimum absolute atomic E-state index is 0.0649. The average Bonchev–Trinajstić information content (AvgIpc) is 3.06. The van der Waals surface area contributed by atoms with Crippen molar-refractivity contribution in [3.8, 4) is 0 Å². The van der Waals surface area contributed by atoms with Crippen molar-refractivity contribution in [1.29, 1.82) is 0 Å². The largest absolute Gasteiger partial charge is 0.481 e. The Kier molecular flexibility index (Phi) is 3.51. The fourth-order valence-corrected chi connectivity index (χ4v) is 2.29. The predicted octanol–water partition coefficient (Wildman–Crippen LogP) is 3.46. The molecule has 0 bridgehead atoms. The van der Waals surface area contributed by atoms with Gasteiger partial charge in [-0.25, -0.2) is 0 Å². The van der Waals surface area contributed by atoms with Crippen LogP contribution in [0.5, 0.6) is 0 Å². The van der Waals surface area contributed by atoms with Gasteiger partial charge in [-0.15, -0.1) is 0 Å². The van der Waals surface area contributed by atoms with E-state index >= 15 is 0 Å². The highest BCUT2D eigenvalue weighted by molar-refractivity contribution is 5.73. The molecule has 1 fully saturated rings. The zero-order chi connectivity index (χ0) is 12.4. The summed E-state index contributed by atoms with van der Waals surface area (Å²) in [5.74, 6) is 0.302. The molecule has 0 heterocycles. The molecule has 17 heavy (non-hydrogen) atoms. The van der Waals surface area contributed by atoms with Gasteiger partial charge in [-0.05, 0) is 42.2 Å². The lowest BCUT2D eigenvalue weighted by atomic mass is 9.99. The maximum atomic E-state index is 10.7. The molecule has 0 amide bonds. The fourth-order valence-electron chi connectivity index (χ4n) is 2.29. The summed E-state index contributed by atoms with van der Waals surface area (Å²) >= 11 is 0. The number of carbonyl (C=O) groups is 1. The van der Waals surface area contributed by atoms with Gasteiger partial charge in [-0.3, -0.25) is 4.79 Å². The van der Waals surface area contributed by atoms with Crippen molar-refractivity contribution in [1.82, 2.24) is 0 Å². The summed E-state index contributed by atoms with van der Waals surface area (Å²) in [6, 6.07) is 8.71. The van der Waals surface area contributed by atoms with Gasteiger partial charge in [0.1, 0.15) is 0 Å². The number of rotatable bonds is 5. The highest BCUT2D eigenvalue weighted by atomic mass is 16.4. The van der Waals surface area contributed by atoms with Crippen LogP contribution < -0.4 is 0 Å². The van der Waals surface area contributed by atoms with Gasteiger partial charge in [0.05, 0.1) is 5.92 Å². The second-order valence-corrected chi connectivity index (χ2v) is 5.38. The van der Waals surface area contributed by atoms with Gasteiger partial charge in [-0.1, -0.05) is 38.1 Å². The molecule has 1 aromatic carbocycles. The van der Waals surface area contributed by atoms with Crippen LogP contribution >= 0.6 is 0 Å². The van der Waals surface area contributed by atoms with Gasteiger partial charge < -0.3 is 5.11 Å². The van der Waals surface area contributed by atoms with Crippen molar-refractivity contribution < 1.29 is 9.90 Å². The highest BCUT2D eigenvalue weighted by Crippen LogP contribution is 2.42. The summed E-state index contributed by atoms with van der Waals surface area (Å²) < 4.78 is 0. The summed E-state index contributed by atoms with van der Waals surface area (Å²) in [6.07, 6.45) is 2.89. The summed E-state index contributed by atoms with van der Waals surface area (Å²) in [5, 5.41) is 8.82. The molecule has 0 aliphatic heterocycles. The third-order valence-electron chi connectivity index (χ3n) is 3.69. The third-order valence-corrected chi connectivity index (χ3v) is 3.69. The fraction of sp³-hybridized carbons (Fsp3) is 0.533. The van der Waals surface area contributed by atoms with Gasteiger partial charge in [0.15, 0.2) is 0 Å². The summed E-state index contributed by atoms with van der Waals surface area (Å²) in [4.78, 5) is 10.7. The predicted molar refractivity (Wildman–Crippen MR) is 68.1 cm³/mol. The van der Waals surface area contributed by atoms with Crippen LogP contribution in [0.4, 0.5) is 0 Å². The number of carboxylic acids is 1. The Bertz CT molecular complexity index is 392. The van der Waals surface area contributed by atoms with Crippen molar-refractivity contribution in [3.05, 3.63) is 35.4 Å². The lowest BCUT2D eigenvalue weighted by molar-refractivity contribution is -0.138. The zero-order valence-corrected chi connectivity index (χ0v) is 10.5. The minimum atomic E-state index is -0.620. The molecule has 0 radical (unpaired) electrons. The zero-order valence-electron chi connectivity index (χ0n) is 10.5. The SMILES string of the molecule is CC(C)c1ccc(CCC2CC2C(=O)O)cc1. The van der Waals surface area contributed by atoms with Crippen molar-refractivity contribution in [2.24, 2.45) is 11.8 Å². The van der Waals surface area contributed by atoms with Crippen LogP contribution in [0.3, 0.4) is 0 Å². The first kappa shape index (κ1) is 12.2. The molecule has 1 aromatic rings. The molecule has 2 nitrogen and oxygen atoms in total. The number of benzene rings is 1. The molecule has 0 saturated heterocycles. The molecular formula is C15H20O2. The van der Waals surface area contributed by atoms with E-state index in [0.717, 1.165) is 19.3 Å². The molecule has 1 aliphatic carbocycles. The molecule has 1 aliphatic rings. The van der Waals surface area contributed by atoms with E-state index in [1.54, 1.807) is 0 Å². The number of aliphatic carboxylic acids is 1. The molecule has 1 saturated carbocycles. The number of hydrogen-bond donors (Lipinski definition) is 1. The summed E-state index contributed by atoms with van der Waals surface area (Å²) in [5.41, 5.74) is 2.69.